The second kappa shape index (κ2) is 9.27. The Bertz CT molecular complexity index is 654. The van der Waals surface area contributed by atoms with E-state index in [0.717, 1.165) is 6.26 Å². The molecule has 0 fully saturated rings. The van der Waals surface area contributed by atoms with Gasteiger partial charge in [-0.1, -0.05) is 6.92 Å². The minimum atomic E-state index is -3.23. The minimum Gasteiger partial charge on any atom is -0.494 e. The molecule has 0 heterocycles. The summed E-state index contributed by atoms with van der Waals surface area (Å²) in [5.41, 5.74) is 0. The van der Waals surface area contributed by atoms with E-state index in [9.17, 15) is 18.0 Å². The van der Waals surface area contributed by atoms with Crippen molar-refractivity contribution in [1.29, 1.82) is 0 Å². The second-order valence-electron chi connectivity index (χ2n) is 5.40. The molecule has 24 heavy (non-hydrogen) atoms. The fourth-order valence-corrected chi connectivity index (χ4v) is 2.71. The second-order valence-corrected chi connectivity index (χ2v) is 7.42. The Labute approximate surface area is 142 Å². The number of ether oxygens (including phenoxy) is 1. The maximum atomic E-state index is 12.0. The van der Waals surface area contributed by atoms with Crippen LogP contribution in [0.3, 0.4) is 0 Å². The number of carboxylic acid groups (broad SMARTS) is 1. The van der Waals surface area contributed by atoms with Crippen molar-refractivity contribution in [2.75, 3.05) is 26.0 Å². The van der Waals surface area contributed by atoms with E-state index in [4.69, 9.17) is 9.84 Å². The number of benzene rings is 1. The summed E-state index contributed by atoms with van der Waals surface area (Å²) in [5, 5.41) is 8.80. The quantitative estimate of drug-likeness (QED) is 0.638. The summed E-state index contributed by atoms with van der Waals surface area (Å²) in [6, 6.07) is 6.05. The Hall–Kier alpha value is -2.09. The van der Waals surface area contributed by atoms with E-state index in [2.05, 4.69) is 0 Å². The molecule has 0 aromatic heterocycles. The third-order valence-corrected chi connectivity index (χ3v) is 4.36. The summed E-state index contributed by atoms with van der Waals surface area (Å²) < 4.78 is 28.2. The standard InChI is InChI=1S/C16H23NO6S/c1-3-10-17(12-16(19)20)15(18)5-4-11-23-13-6-8-14(9-7-13)24(2,21)22/h6-9H,3-5,10-12H2,1-2H3,(H,19,20). The van der Waals surface area contributed by atoms with Crippen molar-refractivity contribution in [1.82, 2.24) is 4.90 Å². The summed E-state index contributed by atoms with van der Waals surface area (Å²) in [6.45, 7) is 2.29. The Kier molecular flexibility index (Phi) is 7.70. The summed E-state index contributed by atoms with van der Waals surface area (Å²) in [6.07, 6.45) is 2.48. The molecule has 7 nitrogen and oxygen atoms in total. The van der Waals surface area contributed by atoms with Gasteiger partial charge in [-0.25, -0.2) is 8.42 Å². The van der Waals surface area contributed by atoms with Crippen molar-refractivity contribution in [2.24, 2.45) is 0 Å². The number of aliphatic carboxylic acids is 1. The van der Waals surface area contributed by atoms with Gasteiger partial charge < -0.3 is 14.7 Å². The van der Waals surface area contributed by atoms with Crippen LogP contribution in [0.15, 0.2) is 29.2 Å². The third kappa shape index (κ3) is 6.99. The van der Waals surface area contributed by atoms with Gasteiger partial charge in [0, 0.05) is 19.2 Å². The zero-order valence-corrected chi connectivity index (χ0v) is 14.7. The van der Waals surface area contributed by atoms with E-state index in [0.29, 0.717) is 25.1 Å². The summed E-state index contributed by atoms with van der Waals surface area (Å²) >= 11 is 0. The van der Waals surface area contributed by atoms with Crippen LogP contribution in [-0.4, -0.2) is 56.3 Å². The molecular formula is C16H23NO6S. The Morgan fingerprint density at radius 3 is 2.33 bits per heavy atom. The predicted octanol–water partition coefficient (Wildman–Crippen LogP) is 1.57. The molecular weight excluding hydrogens is 334 g/mol. The van der Waals surface area contributed by atoms with Gasteiger partial charge in [-0.05, 0) is 37.1 Å². The molecule has 8 heteroatoms. The minimum absolute atomic E-state index is 0.203. The van der Waals surface area contributed by atoms with Crippen molar-refractivity contribution < 1.29 is 27.9 Å². The van der Waals surface area contributed by atoms with E-state index >= 15 is 0 Å². The molecule has 0 spiro atoms. The lowest BCUT2D eigenvalue weighted by molar-refractivity contribution is -0.144. The van der Waals surface area contributed by atoms with Gasteiger partial charge in [0.2, 0.25) is 5.91 Å². The predicted molar refractivity (Wildman–Crippen MR) is 88.8 cm³/mol. The summed E-state index contributed by atoms with van der Waals surface area (Å²) in [5.74, 6) is -0.722. The van der Waals surface area contributed by atoms with Crippen LogP contribution in [0, 0.1) is 0 Å². The normalized spacial score (nSPS) is 11.1. The fourth-order valence-electron chi connectivity index (χ4n) is 2.08. The SMILES string of the molecule is CCCN(CC(=O)O)C(=O)CCCOc1ccc(S(C)(=O)=O)cc1. The molecule has 1 aromatic carbocycles. The monoisotopic (exact) mass is 357 g/mol. The molecule has 0 unspecified atom stereocenters. The lowest BCUT2D eigenvalue weighted by atomic mass is 10.2. The van der Waals surface area contributed by atoms with Gasteiger partial charge in [0.25, 0.3) is 0 Å². The number of amides is 1. The van der Waals surface area contributed by atoms with Gasteiger partial charge in [0.1, 0.15) is 12.3 Å². The third-order valence-electron chi connectivity index (χ3n) is 3.23. The highest BCUT2D eigenvalue weighted by atomic mass is 32.2. The number of hydrogen-bond acceptors (Lipinski definition) is 5. The van der Waals surface area contributed by atoms with Crippen LogP contribution in [-0.2, 0) is 19.4 Å². The summed E-state index contributed by atoms with van der Waals surface area (Å²) in [7, 11) is -3.23. The first-order chi connectivity index (χ1) is 11.2. The lowest BCUT2D eigenvalue weighted by Crippen LogP contribution is -2.36. The lowest BCUT2D eigenvalue weighted by Gasteiger charge is -2.19. The average Bonchev–Trinajstić information content (AvgIpc) is 2.50. The zero-order valence-electron chi connectivity index (χ0n) is 13.9. The molecule has 1 aromatic rings. The van der Waals surface area contributed by atoms with E-state index in [1.807, 2.05) is 6.92 Å². The van der Waals surface area contributed by atoms with Gasteiger partial charge in [0.05, 0.1) is 11.5 Å². The smallest absolute Gasteiger partial charge is 0.323 e. The largest absolute Gasteiger partial charge is 0.494 e. The number of carboxylic acids is 1. The van der Waals surface area contributed by atoms with Crippen LogP contribution in [0.5, 0.6) is 5.75 Å². The maximum Gasteiger partial charge on any atom is 0.323 e. The van der Waals surface area contributed by atoms with Crippen molar-refractivity contribution in [3.05, 3.63) is 24.3 Å². The molecule has 0 bridgehead atoms. The molecule has 1 N–H and O–H groups in total. The Balaban J connectivity index is 2.41. The molecule has 0 radical (unpaired) electrons. The number of rotatable bonds is 10. The molecule has 0 aliphatic carbocycles. The van der Waals surface area contributed by atoms with Crippen molar-refractivity contribution >= 4 is 21.7 Å². The van der Waals surface area contributed by atoms with E-state index in [-0.39, 0.29) is 30.4 Å². The summed E-state index contributed by atoms with van der Waals surface area (Å²) in [4.78, 5) is 24.3. The Morgan fingerprint density at radius 2 is 1.83 bits per heavy atom. The van der Waals surface area contributed by atoms with Crippen LogP contribution >= 0.6 is 0 Å². The van der Waals surface area contributed by atoms with Crippen molar-refractivity contribution in [2.45, 2.75) is 31.1 Å². The first-order valence-electron chi connectivity index (χ1n) is 7.66. The number of nitrogens with zero attached hydrogens (tertiary/aromatic N) is 1. The Morgan fingerprint density at radius 1 is 1.21 bits per heavy atom. The maximum absolute atomic E-state index is 12.0. The highest BCUT2D eigenvalue weighted by Crippen LogP contribution is 2.16. The molecule has 0 aliphatic heterocycles. The van der Waals surface area contributed by atoms with Gasteiger partial charge in [-0.15, -0.1) is 0 Å². The van der Waals surface area contributed by atoms with Gasteiger partial charge >= 0.3 is 5.97 Å². The highest BCUT2D eigenvalue weighted by Gasteiger charge is 2.15. The van der Waals surface area contributed by atoms with Crippen LogP contribution in [0.2, 0.25) is 0 Å². The number of sulfone groups is 1. The average molecular weight is 357 g/mol. The molecule has 0 aliphatic rings. The number of hydrogen-bond donors (Lipinski definition) is 1. The highest BCUT2D eigenvalue weighted by molar-refractivity contribution is 7.90. The van der Waals surface area contributed by atoms with Gasteiger partial charge in [-0.2, -0.15) is 0 Å². The van der Waals surface area contributed by atoms with Crippen LogP contribution < -0.4 is 4.74 Å². The van der Waals surface area contributed by atoms with E-state index < -0.39 is 15.8 Å². The number of carbonyl (C=O) groups excluding carboxylic acids is 1. The molecule has 134 valence electrons. The van der Waals surface area contributed by atoms with Gasteiger partial charge in [-0.3, -0.25) is 9.59 Å². The van der Waals surface area contributed by atoms with Gasteiger partial charge in [0.15, 0.2) is 9.84 Å². The molecule has 1 amide bonds. The fraction of sp³-hybridized carbons (Fsp3) is 0.500. The van der Waals surface area contributed by atoms with Crippen molar-refractivity contribution in [3.63, 3.8) is 0 Å². The topological polar surface area (TPSA) is 101 Å². The van der Waals surface area contributed by atoms with Crippen LogP contribution in [0.1, 0.15) is 26.2 Å². The zero-order chi connectivity index (χ0) is 18.2. The molecule has 0 saturated carbocycles. The van der Waals surface area contributed by atoms with E-state index in [1.165, 1.54) is 17.0 Å². The molecule has 0 saturated heterocycles. The molecule has 0 atom stereocenters. The number of carbonyl (C=O) groups is 2. The first-order valence-corrected chi connectivity index (χ1v) is 9.55. The first kappa shape index (κ1) is 20.0. The van der Waals surface area contributed by atoms with E-state index in [1.54, 1.807) is 12.1 Å². The van der Waals surface area contributed by atoms with Crippen LogP contribution in [0.25, 0.3) is 0 Å². The van der Waals surface area contributed by atoms with Crippen LogP contribution in [0.4, 0.5) is 0 Å². The molecule has 1 rings (SSSR count). The van der Waals surface area contributed by atoms with Crippen molar-refractivity contribution in [3.8, 4) is 5.75 Å².